The lowest BCUT2D eigenvalue weighted by Crippen LogP contribution is -2.05. The monoisotopic (exact) mass is 253 g/mol. The van der Waals surface area contributed by atoms with Gasteiger partial charge in [0.25, 0.3) is 0 Å². The average Bonchev–Trinajstić information content (AvgIpc) is 2.58. The Kier molecular flexibility index (Phi) is 4.40. The van der Waals surface area contributed by atoms with Crippen LogP contribution in [0.25, 0.3) is 0 Å². The summed E-state index contributed by atoms with van der Waals surface area (Å²) in [5.41, 5.74) is 1.97. The van der Waals surface area contributed by atoms with Crippen LogP contribution in [0.3, 0.4) is 0 Å². The molecule has 0 aliphatic carbocycles. The fourth-order valence-electron chi connectivity index (χ4n) is 1.64. The van der Waals surface area contributed by atoms with Crippen molar-refractivity contribution in [2.45, 2.75) is 13.5 Å². The molecule has 0 radical (unpaired) electrons. The number of phenolic OH excluding ortho intramolecular Hbond substituents is 1. The number of aromatic nitrogens is 2. The summed E-state index contributed by atoms with van der Waals surface area (Å²) in [6.07, 6.45) is 1.81. The van der Waals surface area contributed by atoms with E-state index >= 15 is 0 Å². The zero-order chi connectivity index (χ0) is 11.5. The number of phenols is 1. The van der Waals surface area contributed by atoms with Gasteiger partial charge in [-0.25, -0.2) is 0 Å². The van der Waals surface area contributed by atoms with E-state index in [4.69, 9.17) is 0 Å². The van der Waals surface area contributed by atoms with E-state index in [0.717, 1.165) is 16.9 Å². The van der Waals surface area contributed by atoms with Crippen LogP contribution < -0.4 is 5.32 Å². The summed E-state index contributed by atoms with van der Waals surface area (Å²) < 4.78 is 1.79. The molecule has 0 saturated heterocycles. The van der Waals surface area contributed by atoms with Crippen molar-refractivity contribution in [2.75, 3.05) is 5.32 Å². The number of aromatic hydroxyl groups is 1. The van der Waals surface area contributed by atoms with Crippen LogP contribution in [-0.2, 0) is 13.6 Å². The molecule has 2 N–H and O–H groups in total. The Morgan fingerprint density at radius 3 is 2.65 bits per heavy atom. The summed E-state index contributed by atoms with van der Waals surface area (Å²) in [7, 11) is 1.89. The van der Waals surface area contributed by atoms with Gasteiger partial charge in [0.1, 0.15) is 11.6 Å². The first-order valence-electron chi connectivity index (χ1n) is 5.18. The third kappa shape index (κ3) is 2.91. The number of benzene rings is 1. The molecule has 0 saturated carbocycles. The molecule has 0 unspecified atom stereocenters. The molecule has 0 bridgehead atoms. The third-order valence-electron chi connectivity index (χ3n) is 2.56. The average molecular weight is 254 g/mol. The molecule has 0 amide bonds. The second kappa shape index (κ2) is 5.59. The highest BCUT2D eigenvalue weighted by Crippen LogP contribution is 2.18. The molecule has 0 spiro atoms. The molecule has 0 atom stereocenters. The van der Waals surface area contributed by atoms with E-state index in [-0.39, 0.29) is 12.4 Å². The van der Waals surface area contributed by atoms with E-state index in [1.807, 2.05) is 38.4 Å². The lowest BCUT2D eigenvalue weighted by molar-refractivity contribution is 0.469. The van der Waals surface area contributed by atoms with E-state index in [2.05, 4.69) is 10.4 Å². The second-order valence-electron chi connectivity index (χ2n) is 3.78. The van der Waals surface area contributed by atoms with Crippen LogP contribution in [0, 0.1) is 6.92 Å². The summed E-state index contributed by atoms with van der Waals surface area (Å²) in [5.74, 6) is 1.29. The molecule has 1 aromatic heterocycles. The molecule has 17 heavy (non-hydrogen) atoms. The maximum atomic E-state index is 9.62. The second-order valence-corrected chi connectivity index (χ2v) is 3.78. The first kappa shape index (κ1) is 13.4. The number of rotatable bonds is 3. The Balaban J connectivity index is 0.00000144. The molecule has 2 aromatic rings. The number of para-hydroxylation sites is 1. The molecule has 0 aliphatic heterocycles. The van der Waals surface area contributed by atoms with Crippen molar-refractivity contribution in [3.63, 3.8) is 0 Å². The minimum atomic E-state index is 0. The summed E-state index contributed by atoms with van der Waals surface area (Å²) >= 11 is 0. The summed E-state index contributed by atoms with van der Waals surface area (Å²) in [6, 6.07) is 7.31. The van der Waals surface area contributed by atoms with Crippen molar-refractivity contribution in [2.24, 2.45) is 7.05 Å². The van der Waals surface area contributed by atoms with Gasteiger partial charge >= 0.3 is 0 Å². The third-order valence-corrected chi connectivity index (χ3v) is 2.56. The minimum Gasteiger partial charge on any atom is -0.508 e. The molecule has 92 valence electrons. The Hall–Kier alpha value is -1.68. The number of nitrogens with one attached hydrogen (secondary N) is 1. The molecule has 1 aromatic carbocycles. The molecule has 4 nitrogen and oxygen atoms in total. The maximum Gasteiger partial charge on any atom is 0.127 e. The van der Waals surface area contributed by atoms with Crippen LogP contribution in [0.5, 0.6) is 5.75 Å². The quantitative estimate of drug-likeness (QED) is 0.884. The normalized spacial score (nSPS) is 9.76. The number of hydrogen-bond acceptors (Lipinski definition) is 3. The van der Waals surface area contributed by atoms with Crippen LogP contribution in [0.1, 0.15) is 11.1 Å². The van der Waals surface area contributed by atoms with Crippen molar-refractivity contribution in [3.8, 4) is 5.75 Å². The van der Waals surface area contributed by atoms with Gasteiger partial charge in [-0.15, -0.1) is 12.4 Å². The standard InChI is InChI=1S/C12H15N3O.ClH/c1-9-7-14-15(2)12(9)13-8-10-5-3-4-6-11(10)16;/h3-7,13,16H,8H2,1-2H3;1H. The molecular formula is C12H16ClN3O. The predicted molar refractivity (Wildman–Crippen MR) is 70.6 cm³/mol. The highest BCUT2D eigenvalue weighted by Gasteiger charge is 2.05. The maximum absolute atomic E-state index is 9.62. The van der Waals surface area contributed by atoms with E-state index in [1.54, 1.807) is 10.7 Å². The Morgan fingerprint density at radius 2 is 2.06 bits per heavy atom. The van der Waals surface area contributed by atoms with E-state index < -0.39 is 0 Å². The van der Waals surface area contributed by atoms with E-state index in [1.165, 1.54) is 0 Å². The van der Waals surface area contributed by atoms with Crippen LogP contribution in [0.2, 0.25) is 0 Å². The summed E-state index contributed by atoms with van der Waals surface area (Å²) in [4.78, 5) is 0. The summed E-state index contributed by atoms with van der Waals surface area (Å²) in [6.45, 7) is 2.59. The van der Waals surface area contributed by atoms with Crippen LogP contribution in [0.15, 0.2) is 30.5 Å². The summed E-state index contributed by atoms with van der Waals surface area (Å²) in [5, 5.41) is 17.0. The minimum absolute atomic E-state index is 0. The molecule has 0 fully saturated rings. The molecule has 2 rings (SSSR count). The van der Waals surface area contributed by atoms with Gasteiger partial charge in [-0.1, -0.05) is 18.2 Å². The van der Waals surface area contributed by atoms with Gasteiger partial charge < -0.3 is 10.4 Å². The fourth-order valence-corrected chi connectivity index (χ4v) is 1.64. The number of nitrogens with zero attached hydrogens (tertiary/aromatic N) is 2. The van der Waals surface area contributed by atoms with Gasteiger partial charge in [0.2, 0.25) is 0 Å². The largest absolute Gasteiger partial charge is 0.508 e. The molecular weight excluding hydrogens is 238 g/mol. The molecule has 1 heterocycles. The Labute approximate surface area is 107 Å². The smallest absolute Gasteiger partial charge is 0.127 e. The van der Waals surface area contributed by atoms with Crippen molar-refractivity contribution < 1.29 is 5.11 Å². The van der Waals surface area contributed by atoms with Crippen LogP contribution in [0.4, 0.5) is 5.82 Å². The van der Waals surface area contributed by atoms with Gasteiger partial charge in [0.05, 0.1) is 6.20 Å². The van der Waals surface area contributed by atoms with Crippen LogP contribution in [-0.4, -0.2) is 14.9 Å². The first-order valence-corrected chi connectivity index (χ1v) is 5.18. The highest BCUT2D eigenvalue weighted by atomic mass is 35.5. The Morgan fingerprint density at radius 1 is 1.35 bits per heavy atom. The van der Waals surface area contributed by atoms with Gasteiger partial charge in [-0.05, 0) is 13.0 Å². The number of hydrogen-bond donors (Lipinski definition) is 2. The SMILES string of the molecule is Cc1cnn(C)c1NCc1ccccc1O.Cl. The molecule has 5 heteroatoms. The van der Waals surface area contributed by atoms with Crippen molar-refractivity contribution >= 4 is 18.2 Å². The van der Waals surface area contributed by atoms with Gasteiger partial charge in [-0.2, -0.15) is 5.10 Å². The topological polar surface area (TPSA) is 50.1 Å². The van der Waals surface area contributed by atoms with E-state index in [9.17, 15) is 5.11 Å². The van der Waals surface area contributed by atoms with Gasteiger partial charge in [0, 0.05) is 24.7 Å². The zero-order valence-corrected chi connectivity index (χ0v) is 10.7. The highest BCUT2D eigenvalue weighted by molar-refractivity contribution is 5.85. The lowest BCUT2D eigenvalue weighted by atomic mass is 10.2. The lowest BCUT2D eigenvalue weighted by Gasteiger charge is -2.09. The van der Waals surface area contributed by atoms with Crippen LogP contribution >= 0.6 is 12.4 Å². The van der Waals surface area contributed by atoms with E-state index in [0.29, 0.717) is 12.3 Å². The van der Waals surface area contributed by atoms with Crippen molar-refractivity contribution in [1.29, 1.82) is 0 Å². The Bertz CT molecular complexity index is 477. The number of anilines is 1. The fraction of sp³-hybridized carbons (Fsp3) is 0.250. The molecule has 0 aliphatic rings. The van der Waals surface area contributed by atoms with Crippen molar-refractivity contribution in [3.05, 3.63) is 41.6 Å². The first-order chi connectivity index (χ1) is 7.68. The number of aryl methyl sites for hydroxylation is 2. The van der Waals surface area contributed by atoms with Gasteiger partial charge in [0.15, 0.2) is 0 Å². The number of halogens is 1. The zero-order valence-electron chi connectivity index (χ0n) is 9.84. The van der Waals surface area contributed by atoms with Crippen molar-refractivity contribution in [1.82, 2.24) is 9.78 Å². The van der Waals surface area contributed by atoms with Gasteiger partial charge in [-0.3, -0.25) is 4.68 Å². The predicted octanol–water partition coefficient (Wildman–Crippen LogP) is 2.47.